The van der Waals surface area contributed by atoms with Crippen LogP contribution < -0.4 is 0 Å². The zero-order valence-corrected chi connectivity index (χ0v) is 15.9. The number of ketones is 1. The average molecular weight is 372 g/mol. The van der Waals surface area contributed by atoms with Gasteiger partial charge in [-0.1, -0.05) is 19.4 Å². The summed E-state index contributed by atoms with van der Waals surface area (Å²) in [7, 11) is 0. The maximum absolute atomic E-state index is 12.9. The number of carbonyl (C=O) groups is 1. The fraction of sp³-hybridized carbons (Fsp3) is 0.696. The number of rotatable bonds is 0. The molecule has 6 atom stereocenters. The molecule has 0 aliphatic heterocycles. The summed E-state index contributed by atoms with van der Waals surface area (Å²) < 4.78 is 25.8. The Hall–Kier alpha value is -1.65. The molecular weight excluding hydrogens is 346 g/mol. The van der Waals surface area contributed by atoms with Crippen molar-refractivity contribution in [3.63, 3.8) is 0 Å². The predicted molar refractivity (Wildman–Crippen MR) is 98.3 cm³/mol. The van der Waals surface area contributed by atoms with Crippen LogP contribution in [0, 0.1) is 58.2 Å². The summed E-state index contributed by atoms with van der Waals surface area (Å²) >= 11 is 0. The van der Waals surface area contributed by atoms with Crippen molar-refractivity contribution < 1.29 is 18.7 Å². The molecule has 0 saturated heterocycles. The highest BCUT2D eigenvalue weighted by atomic mass is 19.1. The molecule has 1 unspecified atom stereocenters. The van der Waals surface area contributed by atoms with Gasteiger partial charge in [-0.25, -0.2) is 0 Å². The molecule has 0 bridgehead atoms. The van der Waals surface area contributed by atoms with Crippen LogP contribution in [0.25, 0.3) is 0 Å². The maximum atomic E-state index is 12.9. The molecule has 27 heavy (non-hydrogen) atoms. The molecule has 4 aliphatic carbocycles. The summed E-state index contributed by atoms with van der Waals surface area (Å²) in [4.78, 5) is 12.3. The van der Waals surface area contributed by atoms with Crippen LogP contribution in [0.1, 0.15) is 58.8 Å². The van der Waals surface area contributed by atoms with E-state index in [9.17, 15) is 18.7 Å². The predicted octanol–water partition coefficient (Wildman–Crippen LogP) is 4.34. The van der Waals surface area contributed by atoms with E-state index in [0.717, 1.165) is 25.7 Å². The molecule has 1 N–H and O–H groups in total. The monoisotopic (exact) mass is 372 g/mol. The number of halogens is 2. The molecule has 0 aromatic rings. The molecular formula is C23H26F2O2. The largest absolute Gasteiger partial charge is 0.381 e. The van der Waals surface area contributed by atoms with Crippen molar-refractivity contribution in [3.05, 3.63) is 11.6 Å². The molecule has 0 heterocycles. The topological polar surface area (TPSA) is 37.3 Å². The highest BCUT2D eigenvalue weighted by Crippen LogP contribution is 2.68. The summed E-state index contributed by atoms with van der Waals surface area (Å²) in [6.07, 6.45) is 9.25. The van der Waals surface area contributed by atoms with Gasteiger partial charge in [-0.05, 0) is 85.0 Å². The van der Waals surface area contributed by atoms with Crippen molar-refractivity contribution >= 4 is 5.78 Å². The number of hydrogen-bond donors (Lipinski definition) is 1. The van der Waals surface area contributed by atoms with Gasteiger partial charge in [0.15, 0.2) is 5.78 Å². The lowest BCUT2D eigenvalue weighted by Gasteiger charge is -2.57. The Kier molecular flexibility index (Phi) is 4.28. The van der Waals surface area contributed by atoms with E-state index in [1.807, 2.05) is 0 Å². The van der Waals surface area contributed by atoms with Gasteiger partial charge in [0.1, 0.15) is 18.5 Å². The van der Waals surface area contributed by atoms with Crippen molar-refractivity contribution in [2.75, 3.05) is 0 Å². The first-order valence-corrected chi connectivity index (χ1v) is 9.94. The average Bonchev–Trinajstić information content (AvgIpc) is 2.89. The zero-order valence-electron chi connectivity index (χ0n) is 15.9. The van der Waals surface area contributed by atoms with Crippen LogP contribution in [0.15, 0.2) is 11.6 Å². The van der Waals surface area contributed by atoms with Crippen LogP contribution >= 0.6 is 0 Å². The molecule has 3 fully saturated rings. The second kappa shape index (κ2) is 6.18. The first-order chi connectivity index (χ1) is 12.8. The Balaban J connectivity index is 1.70. The summed E-state index contributed by atoms with van der Waals surface area (Å²) in [5.41, 5.74) is 0.0947. The molecule has 4 aliphatic rings. The lowest BCUT2D eigenvalue weighted by Crippen LogP contribution is -2.51. The molecule has 0 radical (unpaired) electrons. The van der Waals surface area contributed by atoms with Gasteiger partial charge in [0.2, 0.25) is 0 Å². The van der Waals surface area contributed by atoms with Crippen LogP contribution in [0.4, 0.5) is 8.78 Å². The standard InChI is InChI=1S/C23H26F2O2/c1-21-6-5-17-16(18(21)12-23(14-21,7-9-24)8-10-25)4-3-15-11-19(26)20(27)13-22(15,17)2/h11,16-19,26H,3-6,12-14H2,1-2H3/t16-,17-,18+,19?,21-,22+/m1/s1. The number of hydrogen-bond acceptors (Lipinski definition) is 2. The second-order valence-electron chi connectivity index (χ2n) is 9.71. The minimum Gasteiger partial charge on any atom is -0.381 e. The second-order valence-corrected chi connectivity index (χ2v) is 9.71. The van der Waals surface area contributed by atoms with Gasteiger partial charge >= 0.3 is 0 Å². The van der Waals surface area contributed by atoms with Gasteiger partial charge in [0.25, 0.3) is 0 Å². The summed E-state index contributed by atoms with van der Waals surface area (Å²) in [5, 5.41) is 9.98. The van der Waals surface area contributed by atoms with Crippen molar-refractivity contribution in [2.45, 2.75) is 64.9 Å². The Bertz CT molecular complexity index is 803. The lowest BCUT2D eigenvalue weighted by molar-refractivity contribution is -0.131. The molecule has 4 heteroatoms. The van der Waals surface area contributed by atoms with E-state index in [0.29, 0.717) is 37.0 Å². The minimum absolute atomic E-state index is 0.0232. The summed E-state index contributed by atoms with van der Waals surface area (Å²) in [5.74, 6) is 6.14. The van der Waals surface area contributed by atoms with E-state index >= 15 is 0 Å². The van der Waals surface area contributed by atoms with Crippen molar-refractivity contribution in [1.82, 2.24) is 0 Å². The summed E-state index contributed by atoms with van der Waals surface area (Å²) in [6.45, 7) is 4.39. The van der Waals surface area contributed by atoms with Crippen LogP contribution in [-0.4, -0.2) is 17.0 Å². The molecule has 2 nitrogen and oxygen atoms in total. The lowest BCUT2D eigenvalue weighted by atomic mass is 9.47. The fourth-order valence-electron chi connectivity index (χ4n) is 7.15. The number of aliphatic hydroxyl groups is 1. The highest BCUT2D eigenvalue weighted by Gasteiger charge is 2.61. The Morgan fingerprint density at radius 2 is 1.85 bits per heavy atom. The molecule has 3 saturated carbocycles. The molecule has 4 rings (SSSR count). The van der Waals surface area contributed by atoms with E-state index in [1.54, 1.807) is 6.08 Å². The van der Waals surface area contributed by atoms with Crippen molar-refractivity contribution in [1.29, 1.82) is 0 Å². The third kappa shape index (κ3) is 2.68. The number of aliphatic hydroxyl groups excluding tert-OH is 1. The Morgan fingerprint density at radius 1 is 1.15 bits per heavy atom. The van der Waals surface area contributed by atoms with E-state index in [1.165, 1.54) is 17.9 Å². The van der Waals surface area contributed by atoms with E-state index < -0.39 is 11.5 Å². The van der Waals surface area contributed by atoms with Gasteiger partial charge in [-0.2, -0.15) is 0 Å². The number of allylic oxidation sites excluding steroid dienone is 1. The zero-order chi connectivity index (χ0) is 19.4. The first-order valence-electron chi connectivity index (χ1n) is 9.94. The molecule has 0 aromatic heterocycles. The maximum Gasteiger partial charge on any atom is 0.166 e. The Labute approximate surface area is 159 Å². The van der Waals surface area contributed by atoms with Gasteiger partial charge in [0.05, 0.1) is 5.41 Å². The van der Waals surface area contributed by atoms with Gasteiger partial charge < -0.3 is 5.11 Å². The smallest absolute Gasteiger partial charge is 0.166 e. The third-order valence-electron chi connectivity index (χ3n) is 8.33. The van der Waals surface area contributed by atoms with Crippen LogP contribution in [0.5, 0.6) is 0 Å². The quantitative estimate of drug-likeness (QED) is 0.507. The third-order valence-corrected chi connectivity index (χ3v) is 8.33. The normalized spacial score (nSPS) is 44.5. The minimum atomic E-state index is -0.961. The summed E-state index contributed by atoms with van der Waals surface area (Å²) in [6, 6.07) is 0. The van der Waals surface area contributed by atoms with Gasteiger partial charge in [-0.3, -0.25) is 4.79 Å². The SMILES string of the molecule is C[C@]12CC[C@@H]3[C@@H](CCC4=CC(O)C(=O)C[C@@]43C)[C@@H]1CC(C#CF)(C#CF)C2. The molecule has 0 spiro atoms. The van der Waals surface area contributed by atoms with Gasteiger partial charge in [0, 0.05) is 6.42 Å². The van der Waals surface area contributed by atoms with Crippen molar-refractivity contribution in [2.24, 2.45) is 34.0 Å². The van der Waals surface area contributed by atoms with Crippen LogP contribution in [-0.2, 0) is 4.79 Å². The molecule has 0 aromatic carbocycles. The van der Waals surface area contributed by atoms with E-state index in [-0.39, 0.29) is 16.6 Å². The molecule has 144 valence electrons. The first kappa shape index (κ1) is 18.7. The highest BCUT2D eigenvalue weighted by molar-refractivity contribution is 5.87. The number of Topliss-reactive ketones (excluding diaryl/α,β-unsaturated/α-hetero) is 1. The number of carbonyl (C=O) groups excluding carboxylic acids is 1. The fourth-order valence-corrected chi connectivity index (χ4v) is 7.15. The van der Waals surface area contributed by atoms with E-state index in [2.05, 4.69) is 25.7 Å². The molecule has 0 amide bonds. The van der Waals surface area contributed by atoms with Crippen LogP contribution in [0.2, 0.25) is 0 Å². The number of fused-ring (bicyclic) bond motifs is 5. The van der Waals surface area contributed by atoms with E-state index in [4.69, 9.17) is 0 Å². The van der Waals surface area contributed by atoms with Gasteiger partial charge in [-0.15, -0.1) is 8.78 Å². The van der Waals surface area contributed by atoms with Crippen LogP contribution in [0.3, 0.4) is 0 Å². The Morgan fingerprint density at radius 3 is 2.52 bits per heavy atom. The van der Waals surface area contributed by atoms with Crippen molar-refractivity contribution in [3.8, 4) is 24.2 Å².